The maximum atomic E-state index is 9.01. The molecule has 3 fully saturated rings. The number of hydrogen-bond acceptors (Lipinski definition) is 1. The standard InChI is InChI=1S/C9H16O/c10-6-9-5-7-1-3-8(9)4-2-7/h7-10H,1-6H2. The highest BCUT2D eigenvalue weighted by Gasteiger charge is 2.34. The molecule has 3 aliphatic carbocycles. The van der Waals surface area contributed by atoms with Crippen LogP contribution in [0.3, 0.4) is 0 Å². The summed E-state index contributed by atoms with van der Waals surface area (Å²) in [7, 11) is 0. The molecule has 0 saturated heterocycles. The van der Waals surface area contributed by atoms with Gasteiger partial charge in [0.25, 0.3) is 0 Å². The van der Waals surface area contributed by atoms with Gasteiger partial charge >= 0.3 is 0 Å². The zero-order valence-electron chi connectivity index (χ0n) is 6.42. The van der Waals surface area contributed by atoms with Gasteiger partial charge in [-0.05, 0) is 37.0 Å². The fourth-order valence-corrected chi connectivity index (χ4v) is 2.74. The molecular formula is C9H16O. The second-order valence-electron chi connectivity index (χ2n) is 3.96. The fraction of sp³-hybridized carbons (Fsp3) is 1.00. The first-order chi connectivity index (χ1) is 4.90. The predicted molar refractivity (Wildman–Crippen MR) is 40.6 cm³/mol. The van der Waals surface area contributed by atoms with Crippen molar-refractivity contribution in [2.75, 3.05) is 6.61 Å². The van der Waals surface area contributed by atoms with Gasteiger partial charge in [0.2, 0.25) is 0 Å². The Morgan fingerprint density at radius 2 is 1.80 bits per heavy atom. The van der Waals surface area contributed by atoms with Gasteiger partial charge in [-0.1, -0.05) is 12.8 Å². The van der Waals surface area contributed by atoms with Crippen molar-refractivity contribution in [3.05, 3.63) is 0 Å². The molecule has 1 atom stereocenters. The van der Waals surface area contributed by atoms with E-state index in [2.05, 4.69) is 0 Å². The zero-order valence-corrected chi connectivity index (χ0v) is 6.42. The lowest BCUT2D eigenvalue weighted by atomic mass is 9.65. The highest BCUT2D eigenvalue weighted by atomic mass is 16.3. The van der Waals surface area contributed by atoms with Crippen molar-refractivity contribution in [3.8, 4) is 0 Å². The molecule has 0 spiro atoms. The van der Waals surface area contributed by atoms with Gasteiger partial charge in [-0.25, -0.2) is 0 Å². The normalized spacial score (nSPS) is 45.9. The summed E-state index contributed by atoms with van der Waals surface area (Å²) in [5.41, 5.74) is 0. The van der Waals surface area contributed by atoms with Gasteiger partial charge in [0.05, 0.1) is 0 Å². The maximum Gasteiger partial charge on any atom is 0.0462 e. The summed E-state index contributed by atoms with van der Waals surface area (Å²) in [6, 6.07) is 0. The Bertz CT molecular complexity index is 114. The molecule has 0 heterocycles. The molecule has 3 rings (SSSR count). The van der Waals surface area contributed by atoms with Gasteiger partial charge in [-0.15, -0.1) is 0 Å². The Labute approximate surface area is 62.4 Å². The number of fused-ring (bicyclic) bond motifs is 3. The highest BCUT2D eigenvalue weighted by Crippen LogP contribution is 2.44. The van der Waals surface area contributed by atoms with E-state index in [0.717, 1.165) is 11.8 Å². The zero-order chi connectivity index (χ0) is 6.97. The molecule has 0 amide bonds. The first-order valence-electron chi connectivity index (χ1n) is 4.51. The van der Waals surface area contributed by atoms with Gasteiger partial charge in [0, 0.05) is 6.61 Å². The van der Waals surface area contributed by atoms with E-state index in [-0.39, 0.29) is 0 Å². The summed E-state index contributed by atoms with van der Waals surface area (Å²) in [6.45, 7) is 0.446. The number of rotatable bonds is 1. The molecule has 1 heteroatoms. The van der Waals surface area contributed by atoms with Crippen LogP contribution >= 0.6 is 0 Å². The van der Waals surface area contributed by atoms with Gasteiger partial charge in [-0.3, -0.25) is 0 Å². The number of aliphatic hydroxyl groups is 1. The van der Waals surface area contributed by atoms with E-state index in [1.807, 2.05) is 0 Å². The van der Waals surface area contributed by atoms with Crippen LogP contribution in [-0.2, 0) is 0 Å². The first-order valence-corrected chi connectivity index (χ1v) is 4.51. The van der Waals surface area contributed by atoms with Crippen LogP contribution in [0.5, 0.6) is 0 Å². The summed E-state index contributed by atoms with van der Waals surface area (Å²) in [5.74, 6) is 2.53. The molecule has 3 aliphatic rings. The highest BCUT2D eigenvalue weighted by molar-refractivity contribution is 4.85. The molecule has 0 aromatic heterocycles. The van der Waals surface area contributed by atoms with Crippen molar-refractivity contribution in [2.45, 2.75) is 32.1 Å². The minimum Gasteiger partial charge on any atom is -0.396 e. The third-order valence-electron chi connectivity index (χ3n) is 3.43. The van der Waals surface area contributed by atoms with Crippen LogP contribution < -0.4 is 0 Å². The Morgan fingerprint density at radius 1 is 1.10 bits per heavy atom. The SMILES string of the molecule is OCC1CC2CCC1CC2. The maximum absolute atomic E-state index is 9.01. The minimum absolute atomic E-state index is 0.446. The predicted octanol–water partition coefficient (Wildman–Crippen LogP) is 1.80. The molecule has 1 N–H and O–H groups in total. The second kappa shape index (κ2) is 2.54. The van der Waals surface area contributed by atoms with Gasteiger partial charge in [0.15, 0.2) is 0 Å². The van der Waals surface area contributed by atoms with Crippen LogP contribution in [0.15, 0.2) is 0 Å². The molecule has 0 aromatic rings. The molecule has 0 aliphatic heterocycles. The molecule has 3 saturated carbocycles. The van der Waals surface area contributed by atoms with Crippen molar-refractivity contribution in [2.24, 2.45) is 17.8 Å². The smallest absolute Gasteiger partial charge is 0.0462 e. The molecule has 1 unspecified atom stereocenters. The van der Waals surface area contributed by atoms with Crippen LogP contribution in [-0.4, -0.2) is 11.7 Å². The monoisotopic (exact) mass is 140 g/mol. The van der Waals surface area contributed by atoms with Crippen LogP contribution in [0.2, 0.25) is 0 Å². The average molecular weight is 140 g/mol. The molecule has 10 heavy (non-hydrogen) atoms. The van der Waals surface area contributed by atoms with E-state index in [9.17, 15) is 0 Å². The minimum atomic E-state index is 0.446. The van der Waals surface area contributed by atoms with Crippen LogP contribution in [0.25, 0.3) is 0 Å². The lowest BCUT2D eigenvalue weighted by Gasteiger charge is -2.41. The molecule has 0 aromatic carbocycles. The molecule has 1 nitrogen and oxygen atoms in total. The van der Waals surface area contributed by atoms with Crippen LogP contribution in [0, 0.1) is 17.8 Å². The first kappa shape index (κ1) is 6.66. The lowest BCUT2D eigenvalue weighted by Crippen LogP contribution is -2.32. The van der Waals surface area contributed by atoms with Crippen molar-refractivity contribution in [1.29, 1.82) is 0 Å². The van der Waals surface area contributed by atoms with E-state index in [4.69, 9.17) is 5.11 Å². The molecule has 58 valence electrons. The van der Waals surface area contributed by atoms with E-state index < -0.39 is 0 Å². The fourth-order valence-electron chi connectivity index (χ4n) is 2.74. The Kier molecular flexibility index (Phi) is 1.69. The summed E-state index contributed by atoms with van der Waals surface area (Å²) in [4.78, 5) is 0. The van der Waals surface area contributed by atoms with E-state index >= 15 is 0 Å². The molecule has 2 bridgehead atoms. The third kappa shape index (κ3) is 0.968. The van der Waals surface area contributed by atoms with Crippen molar-refractivity contribution in [1.82, 2.24) is 0 Å². The topological polar surface area (TPSA) is 20.2 Å². The van der Waals surface area contributed by atoms with Gasteiger partial charge in [-0.2, -0.15) is 0 Å². The summed E-state index contributed by atoms with van der Waals surface area (Å²) < 4.78 is 0. The van der Waals surface area contributed by atoms with Crippen LogP contribution in [0.1, 0.15) is 32.1 Å². The lowest BCUT2D eigenvalue weighted by molar-refractivity contribution is 0.0537. The molecule has 0 radical (unpaired) electrons. The Hall–Kier alpha value is -0.0400. The quantitative estimate of drug-likeness (QED) is 0.589. The van der Waals surface area contributed by atoms with Crippen molar-refractivity contribution < 1.29 is 5.11 Å². The summed E-state index contributed by atoms with van der Waals surface area (Å²) in [5, 5.41) is 9.01. The van der Waals surface area contributed by atoms with Crippen LogP contribution in [0.4, 0.5) is 0 Å². The molecular weight excluding hydrogens is 124 g/mol. The van der Waals surface area contributed by atoms with Crippen molar-refractivity contribution in [3.63, 3.8) is 0 Å². The Balaban J connectivity index is 2.01. The largest absolute Gasteiger partial charge is 0.396 e. The summed E-state index contributed by atoms with van der Waals surface area (Å²) in [6.07, 6.45) is 7.01. The summed E-state index contributed by atoms with van der Waals surface area (Å²) >= 11 is 0. The third-order valence-corrected chi connectivity index (χ3v) is 3.43. The van der Waals surface area contributed by atoms with E-state index in [1.165, 1.54) is 32.1 Å². The van der Waals surface area contributed by atoms with E-state index in [1.54, 1.807) is 0 Å². The second-order valence-corrected chi connectivity index (χ2v) is 3.96. The number of hydrogen-bond donors (Lipinski definition) is 1. The average Bonchev–Trinajstić information content (AvgIpc) is 2.06. The van der Waals surface area contributed by atoms with Gasteiger partial charge in [0.1, 0.15) is 0 Å². The van der Waals surface area contributed by atoms with E-state index in [0.29, 0.717) is 12.5 Å². The Morgan fingerprint density at radius 3 is 2.10 bits per heavy atom. The van der Waals surface area contributed by atoms with Gasteiger partial charge < -0.3 is 5.11 Å². The number of aliphatic hydroxyl groups excluding tert-OH is 1. The van der Waals surface area contributed by atoms with Crippen molar-refractivity contribution >= 4 is 0 Å².